The van der Waals surface area contributed by atoms with Gasteiger partial charge in [0.05, 0.1) is 27.0 Å². The molecule has 2 rings (SSSR count). The Hall–Kier alpha value is -3.43. The average molecular weight is 384 g/mol. The molecule has 27 heavy (non-hydrogen) atoms. The Labute approximate surface area is 152 Å². The zero-order valence-electron chi connectivity index (χ0n) is 14.5. The van der Waals surface area contributed by atoms with Crippen LogP contribution in [0.25, 0.3) is 0 Å². The molecule has 0 aliphatic heterocycles. The van der Waals surface area contributed by atoms with E-state index >= 15 is 0 Å². The van der Waals surface area contributed by atoms with Gasteiger partial charge in [-0.3, -0.25) is 9.59 Å². The van der Waals surface area contributed by atoms with Gasteiger partial charge >= 0.3 is 11.8 Å². The number of amides is 2. The molecule has 0 saturated heterocycles. The highest BCUT2D eigenvalue weighted by Gasteiger charge is 2.21. The molecule has 0 aromatic heterocycles. The molecule has 0 heterocycles. The number of benzene rings is 2. The number of carbonyl (C=O) groups excluding carboxylic acids is 2. The topological polar surface area (TPSA) is 85.9 Å². The highest BCUT2D eigenvalue weighted by Crippen LogP contribution is 2.39. The van der Waals surface area contributed by atoms with Crippen molar-refractivity contribution in [2.75, 3.05) is 32.0 Å². The second kappa shape index (κ2) is 8.30. The number of carbonyl (C=O) groups is 2. The SMILES string of the molecule is COc1cc(NC(=O)C(=O)Nc2ccc(F)c(F)c2F)cc(OC)c1OC. The normalized spacial score (nSPS) is 10.1. The van der Waals surface area contributed by atoms with Gasteiger partial charge in [0.2, 0.25) is 5.75 Å². The molecule has 2 amide bonds. The van der Waals surface area contributed by atoms with Crippen LogP contribution in [-0.2, 0) is 9.59 Å². The zero-order chi connectivity index (χ0) is 20.1. The summed E-state index contributed by atoms with van der Waals surface area (Å²) in [5, 5.41) is 4.11. The highest BCUT2D eigenvalue weighted by atomic mass is 19.2. The summed E-state index contributed by atoms with van der Waals surface area (Å²) < 4.78 is 55.0. The van der Waals surface area contributed by atoms with Crippen molar-refractivity contribution in [3.05, 3.63) is 41.7 Å². The lowest BCUT2D eigenvalue weighted by Gasteiger charge is -2.14. The van der Waals surface area contributed by atoms with Crippen LogP contribution < -0.4 is 24.8 Å². The van der Waals surface area contributed by atoms with E-state index in [1.54, 1.807) is 0 Å². The highest BCUT2D eigenvalue weighted by molar-refractivity contribution is 6.43. The minimum Gasteiger partial charge on any atom is -0.493 e. The smallest absolute Gasteiger partial charge is 0.314 e. The lowest BCUT2D eigenvalue weighted by atomic mass is 10.2. The summed E-state index contributed by atoms with van der Waals surface area (Å²) in [6, 6.07) is 4.14. The second-order valence-electron chi connectivity index (χ2n) is 5.05. The van der Waals surface area contributed by atoms with E-state index in [2.05, 4.69) is 5.32 Å². The Morgan fingerprint density at radius 3 is 1.89 bits per heavy atom. The molecule has 0 atom stereocenters. The summed E-state index contributed by atoms with van der Waals surface area (Å²) in [5.41, 5.74) is -0.561. The Balaban J connectivity index is 2.20. The van der Waals surface area contributed by atoms with Gasteiger partial charge in [-0.15, -0.1) is 0 Å². The van der Waals surface area contributed by atoms with Gasteiger partial charge < -0.3 is 24.8 Å². The van der Waals surface area contributed by atoms with Crippen LogP contribution >= 0.6 is 0 Å². The standard InChI is InChI=1S/C17H15F3N2O5/c1-25-11-6-8(7-12(26-2)15(11)27-3)21-16(23)17(24)22-10-5-4-9(18)13(19)14(10)20/h4-7H,1-3H3,(H,21,23)(H,22,24). The van der Waals surface area contributed by atoms with Gasteiger partial charge in [0.15, 0.2) is 29.0 Å². The van der Waals surface area contributed by atoms with Crippen LogP contribution in [0.2, 0.25) is 0 Å². The zero-order valence-corrected chi connectivity index (χ0v) is 14.5. The molecule has 144 valence electrons. The number of anilines is 2. The summed E-state index contributed by atoms with van der Waals surface area (Å²) in [6.45, 7) is 0. The summed E-state index contributed by atoms with van der Waals surface area (Å²) in [6.07, 6.45) is 0. The third-order valence-corrected chi connectivity index (χ3v) is 3.41. The predicted molar refractivity (Wildman–Crippen MR) is 89.7 cm³/mol. The number of halogens is 3. The van der Waals surface area contributed by atoms with Crippen LogP contribution in [0.15, 0.2) is 24.3 Å². The Morgan fingerprint density at radius 2 is 1.37 bits per heavy atom. The third-order valence-electron chi connectivity index (χ3n) is 3.41. The minimum atomic E-state index is -1.77. The lowest BCUT2D eigenvalue weighted by molar-refractivity contribution is -0.133. The number of nitrogens with one attached hydrogen (secondary N) is 2. The fourth-order valence-electron chi connectivity index (χ4n) is 2.14. The molecular formula is C17H15F3N2O5. The first kappa shape index (κ1) is 19.9. The number of hydrogen-bond donors (Lipinski definition) is 2. The molecule has 2 N–H and O–H groups in total. The van der Waals surface area contributed by atoms with Crippen molar-refractivity contribution in [2.45, 2.75) is 0 Å². The number of methoxy groups -OCH3 is 3. The summed E-state index contributed by atoms with van der Waals surface area (Å²) in [7, 11) is 4.12. The fourth-order valence-corrected chi connectivity index (χ4v) is 2.14. The van der Waals surface area contributed by atoms with Crippen LogP contribution in [0.4, 0.5) is 24.5 Å². The number of rotatable bonds is 5. The van der Waals surface area contributed by atoms with Crippen molar-refractivity contribution in [1.82, 2.24) is 0 Å². The maximum atomic E-state index is 13.6. The largest absolute Gasteiger partial charge is 0.493 e. The fraction of sp³-hybridized carbons (Fsp3) is 0.176. The lowest BCUT2D eigenvalue weighted by Crippen LogP contribution is -2.29. The van der Waals surface area contributed by atoms with Crippen molar-refractivity contribution in [1.29, 1.82) is 0 Å². The summed E-state index contributed by atoms with van der Waals surface area (Å²) >= 11 is 0. The van der Waals surface area contributed by atoms with E-state index in [4.69, 9.17) is 14.2 Å². The van der Waals surface area contributed by atoms with Crippen molar-refractivity contribution >= 4 is 23.2 Å². The van der Waals surface area contributed by atoms with E-state index in [-0.39, 0.29) is 22.9 Å². The number of hydrogen-bond acceptors (Lipinski definition) is 5. The van der Waals surface area contributed by atoms with Gasteiger partial charge in [-0.25, -0.2) is 13.2 Å². The van der Waals surface area contributed by atoms with Crippen LogP contribution in [0.1, 0.15) is 0 Å². The minimum absolute atomic E-state index is 0.121. The molecular weight excluding hydrogens is 369 g/mol. The molecule has 0 saturated carbocycles. The van der Waals surface area contributed by atoms with Crippen LogP contribution in [0.3, 0.4) is 0 Å². The van der Waals surface area contributed by atoms with Crippen molar-refractivity contribution in [3.63, 3.8) is 0 Å². The Kier molecular flexibility index (Phi) is 6.11. The molecule has 0 bridgehead atoms. The van der Waals surface area contributed by atoms with E-state index in [9.17, 15) is 22.8 Å². The van der Waals surface area contributed by atoms with Gasteiger partial charge in [-0.1, -0.05) is 0 Å². The van der Waals surface area contributed by atoms with Crippen molar-refractivity contribution < 1.29 is 37.0 Å². The molecule has 2 aromatic carbocycles. The molecule has 0 spiro atoms. The molecule has 2 aromatic rings. The van der Waals surface area contributed by atoms with Crippen LogP contribution in [0, 0.1) is 17.5 Å². The molecule has 0 unspecified atom stereocenters. The Bertz CT molecular complexity index is 864. The monoisotopic (exact) mass is 384 g/mol. The van der Waals surface area contributed by atoms with Crippen molar-refractivity contribution in [2.24, 2.45) is 0 Å². The van der Waals surface area contributed by atoms with Gasteiger partial charge in [-0.05, 0) is 12.1 Å². The molecule has 10 heteroatoms. The predicted octanol–water partition coefficient (Wildman–Crippen LogP) is 2.71. The first-order valence-corrected chi connectivity index (χ1v) is 7.38. The molecule has 0 fully saturated rings. The third kappa shape index (κ3) is 4.22. The van der Waals surface area contributed by atoms with Crippen molar-refractivity contribution in [3.8, 4) is 17.2 Å². The summed E-state index contributed by atoms with van der Waals surface area (Å²) in [5.74, 6) is -6.58. The molecule has 0 radical (unpaired) electrons. The van der Waals surface area contributed by atoms with E-state index in [1.807, 2.05) is 5.32 Å². The first-order chi connectivity index (χ1) is 12.8. The first-order valence-electron chi connectivity index (χ1n) is 7.38. The van der Waals surface area contributed by atoms with Gasteiger partial charge in [0.1, 0.15) is 0 Å². The summed E-state index contributed by atoms with van der Waals surface area (Å²) in [4.78, 5) is 23.9. The second-order valence-corrected chi connectivity index (χ2v) is 5.05. The van der Waals surface area contributed by atoms with E-state index in [0.717, 1.165) is 6.07 Å². The average Bonchev–Trinajstić information content (AvgIpc) is 2.67. The number of ether oxygens (including phenoxy) is 3. The van der Waals surface area contributed by atoms with Crippen LogP contribution in [-0.4, -0.2) is 33.1 Å². The molecule has 0 aliphatic rings. The van der Waals surface area contributed by atoms with Gasteiger partial charge in [0.25, 0.3) is 0 Å². The maximum Gasteiger partial charge on any atom is 0.314 e. The maximum absolute atomic E-state index is 13.6. The van der Waals surface area contributed by atoms with Gasteiger partial charge in [0, 0.05) is 17.8 Å². The van der Waals surface area contributed by atoms with Crippen LogP contribution in [0.5, 0.6) is 17.2 Å². The quantitative estimate of drug-likeness (QED) is 0.612. The van der Waals surface area contributed by atoms with Gasteiger partial charge in [-0.2, -0.15) is 0 Å². The Morgan fingerprint density at radius 1 is 0.815 bits per heavy atom. The van der Waals surface area contributed by atoms with E-state index in [1.165, 1.54) is 33.5 Å². The molecule has 0 aliphatic carbocycles. The molecule has 7 nitrogen and oxygen atoms in total. The van der Waals surface area contributed by atoms with E-state index in [0.29, 0.717) is 6.07 Å². The van der Waals surface area contributed by atoms with E-state index < -0.39 is 35.0 Å².